The average Bonchev–Trinajstić information content (AvgIpc) is 3.41. The molecule has 4 heterocycles. The number of aromatic nitrogens is 5. The summed E-state index contributed by atoms with van der Waals surface area (Å²) >= 11 is 0. The van der Waals surface area contributed by atoms with Gasteiger partial charge in [0.2, 0.25) is 0 Å². The van der Waals surface area contributed by atoms with Crippen LogP contribution in [0.2, 0.25) is 0 Å². The standard InChI is InChI=1S/C21H20N6O2/c1-26-11-16(14-7-12(3-4-18(14)26)21(29)22-5-6-28)17-8-15-19-13(10-24-27(19)2)9-23-20(15)25-17/h3-4,7-11,28H,5-6H2,1-2H3,(H,22,29)(H,23,25). The van der Waals surface area contributed by atoms with E-state index >= 15 is 0 Å². The van der Waals surface area contributed by atoms with E-state index in [4.69, 9.17) is 5.11 Å². The molecule has 0 aliphatic heterocycles. The molecule has 0 atom stereocenters. The molecule has 29 heavy (non-hydrogen) atoms. The number of nitrogens with zero attached hydrogens (tertiary/aromatic N) is 4. The van der Waals surface area contributed by atoms with Crippen LogP contribution in [-0.4, -0.2) is 48.5 Å². The minimum Gasteiger partial charge on any atom is -0.395 e. The molecule has 0 unspecified atom stereocenters. The SMILES string of the molecule is Cn1cc(-c2cc3c(ncc4cnn(C)c43)[nH]2)c2cc(C(=O)NCCO)ccc21. The van der Waals surface area contributed by atoms with E-state index in [9.17, 15) is 4.79 Å². The summed E-state index contributed by atoms with van der Waals surface area (Å²) < 4.78 is 3.89. The van der Waals surface area contributed by atoms with Gasteiger partial charge in [0.05, 0.1) is 18.3 Å². The number of carbonyl (C=O) groups is 1. The molecule has 0 fully saturated rings. The lowest BCUT2D eigenvalue weighted by molar-refractivity contribution is 0.0945. The summed E-state index contributed by atoms with van der Waals surface area (Å²) in [5.41, 5.74) is 5.33. The Labute approximate surface area is 165 Å². The topological polar surface area (TPSA) is 101 Å². The van der Waals surface area contributed by atoms with Crippen molar-refractivity contribution in [1.82, 2.24) is 29.6 Å². The molecular formula is C21H20N6O2. The van der Waals surface area contributed by atoms with Crippen LogP contribution < -0.4 is 5.32 Å². The number of aromatic amines is 1. The molecule has 146 valence electrons. The molecule has 0 bridgehead atoms. The first-order valence-electron chi connectivity index (χ1n) is 9.35. The van der Waals surface area contributed by atoms with Gasteiger partial charge in [-0.15, -0.1) is 0 Å². The third-order valence-electron chi connectivity index (χ3n) is 5.29. The Hall–Kier alpha value is -3.65. The molecule has 0 aliphatic carbocycles. The summed E-state index contributed by atoms with van der Waals surface area (Å²) in [6.07, 6.45) is 5.67. The van der Waals surface area contributed by atoms with E-state index in [2.05, 4.69) is 26.4 Å². The van der Waals surface area contributed by atoms with Gasteiger partial charge >= 0.3 is 0 Å². The highest BCUT2D eigenvalue weighted by Crippen LogP contribution is 2.34. The normalized spacial score (nSPS) is 11.7. The molecule has 4 aromatic heterocycles. The van der Waals surface area contributed by atoms with Gasteiger partial charge in [0, 0.05) is 71.5 Å². The van der Waals surface area contributed by atoms with Gasteiger partial charge in [0.25, 0.3) is 5.91 Å². The van der Waals surface area contributed by atoms with Crippen LogP contribution in [0.5, 0.6) is 0 Å². The maximum absolute atomic E-state index is 12.3. The highest BCUT2D eigenvalue weighted by atomic mass is 16.3. The van der Waals surface area contributed by atoms with Gasteiger partial charge in [-0.3, -0.25) is 9.48 Å². The van der Waals surface area contributed by atoms with Crippen molar-refractivity contribution in [3.63, 3.8) is 0 Å². The summed E-state index contributed by atoms with van der Waals surface area (Å²) in [6.45, 7) is 0.141. The van der Waals surface area contributed by atoms with Gasteiger partial charge in [0.1, 0.15) is 5.65 Å². The molecule has 0 saturated carbocycles. The lowest BCUT2D eigenvalue weighted by atomic mass is 10.1. The lowest BCUT2D eigenvalue weighted by Crippen LogP contribution is -2.26. The van der Waals surface area contributed by atoms with Crippen molar-refractivity contribution in [2.75, 3.05) is 13.2 Å². The average molecular weight is 388 g/mol. The Morgan fingerprint density at radius 2 is 2.07 bits per heavy atom. The van der Waals surface area contributed by atoms with Gasteiger partial charge in [-0.2, -0.15) is 5.10 Å². The molecule has 1 aromatic carbocycles. The number of aliphatic hydroxyl groups is 1. The van der Waals surface area contributed by atoms with E-state index in [-0.39, 0.29) is 19.1 Å². The summed E-state index contributed by atoms with van der Waals surface area (Å²) in [7, 11) is 3.90. The van der Waals surface area contributed by atoms with Crippen molar-refractivity contribution < 1.29 is 9.90 Å². The lowest BCUT2D eigenvalue weighted by Gasteiger charge is -2.04. The van der Waals surface area contributed by atoms with E-state index in [1.165, 1.54) is 0 Å². The summed E-state index contributed by atoms with van der Waals surface area (Å²) in [4.78, 5) is 20.3. The molecule has 8 nitrogen and oxygen atoms in total. The minimum absolute atomic E-state index is 0.0882. The smallest absolute Gasteiger partial charge is 0.251 e. The van der Waals surface area contributed by atoms with E-state index in [1.54, 1.807) is 6.07 Å². The number of nitrogens with one attached hydrogen (secondary N) is 2. The molecule has 3 N–H and O–H groups in total. The van der Waals surface area contributed by atoms with Crippen molar-refractivity contribution in [2.24, 2.45) is 14.1 Å². The first-order valence-corrected chi connectivity index (χ1v) is 9.35. The van der Waals surface area contributed by atoms with Crippen molar-refractivity contribution in [3.05, 3.63) is 48.4 Å². The number of fused-ring (bicyclic) bond motifs is 4. The minimum atomic E-state index is -0.203. The number of aryl methyl sites for hydroxylation is 2. The van der Waals surface area contributed by atoms with Crippen LogP contribution in [0.3, 0.4) is 0 Å². The van der Waals surface area contributed by atoms with Crippen LogP contribution >= 0.6 is 0 Å². The zero-order chi connectivity index (χ0) is 20.1. The molecule has 0 radical (unpaired) electrons. The molecule has 5 rings (SSSR count). The number of rotatable bonds is 4. The van der Waals surface area contributed by atoms with E-state index < -0.39 is 0 Å². The Morgan fingerprint density at radius 1 is 1.21 bits per heavy atom. The molecule has 8 heteroatoms. The number of benzene rings is 1. The molecular weight excluding hydrogens is 368 g/mol. The summed E-state index contributed by atoms with van der Waals surface area (Å²) in [6, 6.07) is 7.70. The fourth-order valence-electron chi connectivity index (χ4n) is 3.90. The molecule has 1 amide bonds. The number of H-pyrrole nitrogens is 1. The second kappa shape index (κ2) is 6.46. The van der Waals surface area contributed by atoms with E-state index in [0.717, 1.165) is 44.1 Å². The number of carbonyl (C=O) groups excluding carboxylic acids is 1. The Kier molecular flexibility index (Phi) is 3.88. The maximum Gasteiger partial charge on any atom is 0.251 e. The summed E-state index contributed by atoms with van der Waals surface area (Å²) in [5.74, 6) is -0.203. The van der Waals surface area contributed by atoms with Gasteiger partial charge < -0.3 is 20.0 Å². The maximum atomic E-state index is 12.3. The van der Waals surface area contributed by atoms with Crippen molar-refractivity contribution in [1.29, 1.82) is 0 Å². The molecule has 5 aromatic rings. The first kappa shape index (κ1) is 17.4. The Bertz CT molecular complexity index is 1390. The van der Waals surface area contributed by atoms with Crippen LogP contribution in [0, 0.1) is 0 Å². The second-order valence-corrected chi connectivity index (χ2v) is 7.14. The third-order valence-corrected chi connectivity index (χ3v) is 5.29. The number of aliphatic hydroxyl groups excluding tert-OH is 1. The molecule has 0 aliphatic rings. The first-order chi connectivity index (χ1) is 14.1. The number of hydrogen-bond donors (Lipinski definition) is 3. The predicted molar refractivity (Wildman–Crippen MR) is 112 cm³/mol. The number of hydrogen-bond acceptors (Lipinski definition) is 4. The summed E-state index contributed by atoms with van der Waals surface area (Å²) in [5, 5.41) is 18.9. The third kappa shape index (κ3) is 2.68. The van der Waals surface area contributed by atoms with Crippen molar-refractivity contribution in [2.45, 2.75) is 0 Å². The zero-order valence-electron chi connectivity index (χ0n) is 16.1. The highest BCUT2D eigenvalue weighted by Gasteiger charge is 2.16. The second-order valence-electron chi connectivity index (χ2n) is 7.14. The largest absolute Gasteiger partial charge is 0.395 e. The van der Waals surface area contributed by atoms with Gasteiger partial charge in [-0.1, -0.05) is 0 Å². The number of amides is 1. The molecule has 0 spiro atoms. The van der Waals surface area contributed by atoms with E-state index in [0.29, 0.717) is 5.56 Å². The quantitative estimate of drug-likeness (QED) is 0.440. The fourth-order valence-corrected chi connectivity index (χ4v) is 3.90. The Morgan fingerprint density at radius 3 is 2.90 bits per heavy atom. The van der Waals surface area contributed by atoms with Crippen LogP contribution in [0.1, 0.15) is 10.4 Å². The highest BCUT2D eigenvalue weighted by molar-refractivity contribution is 6.07. The van der Waals surface area contributed by atoms with Crippen LogP contribution in [0.25, 0.3) is 44.1 Å². The van der Waals surface area contributed by atoms with Crippen LogP contribution in [0.4, 0.5) is 0 Å². The monoisotopic (exact) mass is 388 g/mol. The molecule has 0 saturated heterocycles. The Balaban J connectivity index is 1.69. The van der Waals surface area contributed by atoms with Crippen LogP contribution in [-0.2, 0) is 14.1 Å². The number of pyridine rings is 1. The van der Waals surface area contributed by atoms with Gasteiger partial charge in [0.15, 0.2) is 0 Å². The van der Waals surface area contributed by atoms with E-state index in [1.807, 2.05) is 54.1 Å². The predicted octanol–water partition coefficient (Wildman–Crippen LogP) is 2.33. The van der Waals surface area contributed by atoms with Gasteiger partial charge in [-0.25, -0.2) is 4.98 Å². The van der Waals surface area contributed by atoms with Crippen molar-refractivity contribution >= 4 is 38.7 Å². The van der Waals surface area contributed by atoms with Crippen LogP contribution in [0.15, 0.2) is 42.9 Å². The zero-order valence-corrected chi connectivity index (χ0v) is 16.1. The van der Waals surface area contributed by atoms with Crippen molar-refractivity contribution in [3.8, 4) is 11.3 Å². The van der Waals surface area contributed by atoms with Gasteiger partial charge in [-0.05, 0) is 24.3 Å². The fraction of sp³-hybridized carbons (Fsp3) is 0.190.